The van der Waals surface area contributed by atoms with Crippen LogP contribution in [0.15, 0.2) is 18.7 Å². The van der Waals surface area contributed by atoms with Crippen molar-refractivity contribution in [3.05, 3.63) is 18.7 Å². The molecule has 2 atom stereocenters. The molecule has 0 aromatic carbocycles. The van der Waals surface area contributed by atoms with Gasteiger partial charge in [0.05, 0.1) is 18.5 Å². The Balaban J connectivity index is 2.05. The molecule has 4 heteroatoms. The van der Waals surface area contributed by atoms with Gasteiger partial charge in [-0.25, -0.2) is 4.98 Å². The molecule has 0 aliphatic carbocycles. The van der Waals surface area contributed by atoms with E-state index in [1.54, 1.807) is 12.5 Å². The van der Waals surface area contributed by atoms with Crippen LogP contribution in [0.3, 0.4) is 0 Å². The highest BCUT2D eigenvalue weighted by molar-refractivity contribution is 4.87. The van der Waals surface area contributed by atoms with E-state index in [1.165, 1.54) is 0 Å². The van der Waals surface area contributed by atoms with E-state index in [4.69, 9.17) is 0 Å². The smallest absolute Gasteiger partial charge is 0.0949 e. The van der Waals surface area contributed by atoms with Gasteiger partial charge in [-0.2, -0.15) is 0 Å². The molecule has 4 nitrogen and oxygen atoms in total. The first-order chi connectivity index (χ1) is 7.68. The van der Waals surface area contributed by atoms with Gasteiger partial charge in [0.25, 0.3) is 0 Å². The van der Waals surface area contributed by atoms with Crippen LogP contribution >= 0.6 is 0 Å². The number of hydrogen-bond acceptors (Lipinski definition) is 3. The van der Waals surface area contributed by atoms with Crippen molar-refractivity contribution in [3.8, 4) is 0 Å². The topological polar surface area (TPSA) is 41.3 Å². The average molecular weight is 223 g/mol. The highest BCUT2D eigenvalue weighted by Crippen LogP contribution is 2.23. The lowest BCUT2D eigenvalue weighted by atomic mass is 10.1. The molecular weight excluding hydrogens is 202 g/mol. The van der Waals surface area contributed by atoms with Crippen LogP contribution in [-0.2, 0) is 0 Å². The summed E-state index contributed by atoms with van der Waals surface area (Å²) in [5.41, 5.74) is 0. The molecule has 1 fully saturated rings. The first-order valence-electron chi connectivity index (χ1n) is 6.08. The van der Waals surface area contributed by atoms with E-state index in [0.29, 0.717) is 6.04 Å². The van der Waals surface area contributed by atoms with E-state index < -0.39 is 0 Å². The Labute approximate surface area is 96.9 Å². The number of nitrogens with zero attached hydrogens (tertiary/aromatic N) is 3. The zero-order valence-corrected chi connectivity index (χ0v) is 10.1. The van der Waals surface area contributed by atoms with Gasteiger partial charge in [0.1, 0.15) is 0 Å². The Kier molecular flexibility index (Phi) is 3.61. The molecule has 0 amide bonds. The van der Waals surface area contributed by atoms with Crippen molar-refractivity contribution in [2.75, 3.05) is 13.1 Å². The molecule has 2 rings (SSSR count). The number of imidazole rings is 1. The summed E-state index contributed by atoms with van der Waals surface area (Å²) in [7, 11) is 0. The molecule has 0 spiro atoms. The maximum Gasteiger partial charge on any atom is 0.0949 e. The third kappa shape index (κ3) is 2.44. The molecule has 1 aromatic rings. The van der Waals surface area contributed by atoms with Crippen LogP contribution in [0.25, 0.3) is 0 Å². The zero-order chi connectivity index (χ0) is 11.5. The minimum absolute atomic E-state index is 0.186. The molecule has 1 saturated heterocycles. The van der Waals surface area contributed by atoms with Crippen LogP contribution in [0.4, 0.5) is 0 Å². The van der Waals surface area contributed by atoms with E-state index in [-0.39, 0.29) is 12.1 Å². The highest BCUT2D eigenvalue weighted by Gasteiger charge is 2.26. The summed E-state index contributed by atoms with van der Waals surface area (Å²) >= 11 is 0. The van der Waals surface area contributed by atoms with Crippen LogP contribution in [0.2, 0.25) is 0 Å². The minimum atomic E-state index is -0.252. The molecule has 2 heterocycles. The Morgan fingerprint density at radius 1 is 1.31 bits per heavy atom. The molecule has 1 N–H and O–H groups in total. The fourth-order valence-corrected chi connectivity index (χ4v) is 2.42. The number of rotatable bonds is 2. The Morgan fingerprint density at radius 3 is 2.69 bits per heavy atom. The third-order valence-corrected chi connectivity index (χ3v) is 3.51. The summed E-state index contributed by atoms with van der Waals surface area (Å²) in [4.78, 5) is 6.49. The normalized spacial score (nSPS) is 28.2. The lowest BCUT2D eigenvalue weighted by molar-refractivity contribution is 0.107. The number of likely N-dealkylation sites (tertiary alicyclic amines) is 1. The van der Waals surface area contributed by atoms with E-state index in [2.05, 4.69) is 23.7 Å². The van der Waals surface area contributed by atoms with Crippen molar-refractivity contribution >= 4 is 0 Å². The molecule has 0 unspecified atom stereocenters. The SMILES string of the molecule is CC(C)N1CC[C@H](O)[C@@H](n2ccnc2)CC1. The fourth-order valence-electron chi connectivity index (χ4n) is 2.42. The van der Waals surface area contributed by atoms with E-state index in [0.717, 1.165) is 25.9 Å². The Hall–Kier alpha value is -0.870. The largest absolute Gasteiger partial charge is 0.391 e. The second-order valence-corrected chi connectivity index (χ2v) is 4.85. The average Bonchev–Trinajstić information content (AvgIpc) is 2.69. The predicted octanol–water partition coefficient (Wildman–Crippen LogP) is 1.29. The lowest BCUT2D eigenvalue weighted by Gasteiger charge is -2.24. The molecule has 0 saturated carbocycles. The van der Waals surface area contributed by atoms with Crippen LogP contribution in [-0.4, -0.2) is 44.8 Å². The molecule has 16 heavy (non-hydrogen) atoms. The van der Waals surface area contributed by atoms with Gasteiger partial charge in [0.2, 0.25) is 0 Å². The standard InChI is InChI=1S/C12H21N3O/c1-10(2)14-6-3-11(12(16)4-7-14)15-8-5-13-9-15/h5,8-12,16H,3-4,6-7H2,1-2H3/t11-,12-/m0/s1. The second kappa shape index (κ2) is 4.97. The van der Waals surface area contributed by atoms with Crippen molar-refractivity contribution in [3.63, 3.8) is 0 Å². The summed E-state index contributed by atoms with van der Waals surface area (Å²) in [6, 6.07) is 0.750. The molecular formula is C12H21N3O. The first-order valence-corrected chi connectivity index (χ1v) is 6.08. The summed E-state index contributed by atoms with van der Waals surface area (Å²) < 4.78 is 2.04. The van der Waals surface area contributed by atoms with Gasteiger partial charge < -0.3 is 14.6 Å². The lowest BCUT2D eigenvalue weighted by Crippen LogP contribution is -2.31. The maximum absolute atomic E-state index is 10.1. The summed E-state index contributed by atoms with van der Waals surface area (Å²) in [6.07, 6.45) is 7.12. The number of aromatic nitrogens is 2. The Bertz CT molecular complexity index is 310. The van der Waals surface area contributed by atoms with Crippen molar-refractivity contribution in [2.45, 2.75) is 44.9 Å². The molecule has 90 valence electrons. The summed E-state index contributed by atoms with van der Waals surface area (Å²) in [6.45, 7) is 6.47. The Morgan fingerprint density at radius 2 is 2.06 bits per heavy atom. The first kappa shape index (κ1) is 11.6. The fraction of sp³-hybridized carbons (Fsp3) is 0.750. The number of aliphatic hydroxyl groups is 1. The minimum Gasteiger partial charge on any atom is -0.391 e. The molecule has 1 aliphatic rings. The third-order valence-electron chi connectivity index (χ3n) is 3.51. The molecule has 1 aromatic heterocycles. The zero-order valence-electron chi connectivity index (χ0n) is 10.1. The van der Waals surface area contributed by atoms with Crippen LogP contribution < -0.4 is 0 Å². The van der Waals surface area contributed by atoms with Gasteiger partial charge in [0.15, 0.2) is 0 Å². The van der Waals surface area contributed by atoms with Gasteiger partial charge in [0, 0.05) is 31.5 Å². The second-order valence-electron chi connectivity index (χ2n) is 4.85. The van der Waals surface area contributed by atoms with Crippen molar-refractivity contribution in [2.24, 2.45) is 0 Å². The van der Waals surface area contributed by atoms with Crippen LogP contribution in [0, 0.1) is 0 Å². The molecule has 0 radical (unpaired) electrons. The van der Waals surface area contributed by atoms with Crippen LogP contribution in [0.1, 0.15) is 32.7 Å². The van der Waals surface area contributed by atoms with E-state index >= 15 is 0 Å². The van der Waals surface area contributed by atoms with Gasteiger partial charge in [-0.05, 0) is 26.7 Å². The summed E-state index contributed by atoms with van der Waals surface area (Å²) in [5, 5.41) is 10.1. The van der Waals surface area contributed by atoms with E-state index in [9.17, 15) is 5.11 Å². The van der Waals surface area contributed by atoms with Crippen LogP contribution in [0.5, 0.6) is 0 Å². The van der Waals surface area contributed by atoms with Gasteiger partial charge in [-0.15, -0.1) is 0 Å². The van der Waals surface area contributed by atoms with Gasteiger partial charge >= 0.3 is 0 Å². The molecule has 1 aliphatic heterocycles. The van der Waals surface area contributed by atoms with E-state index in [1.807, 2.05) is 10.8 Å². The number of aliphatic hydroxyl groups excluding tert-OH is 1. The summed E-state index contributed by atoms with van der Waals surface area (Å²) in [5.74, 6) is 0. The van der Waals surface area contributed by atoms with Gasteiger partial charge in [-0.3, -0.25) is 0 Å². The van der Waals surface area contributed by atoms with Crippen molar-refractivity contribution < 1.29 is 5.11 Å². The van der Waals surface area contributed by atoms with Crippen molar-refractivity contribution in [1.29, 1.82) is 0 Å². The molecule has 0 bridgehead atoms. The predicted molar refractivity (Wildman–Crippen MR) is 63.2 cm³/mol. The van der Waals surface area contributed by atoms with Crippen molar-refractivity contribution in [1.82, 2.24) is 14.5 Å². The quantitative estimate of drug-likeness (QED) is 0.821. The number of hydrogen-bond donors (Lipinski definition) is 1. The maximum atomic E-state index is 10.1. The monoisotopic (exact) mass is 223 g/mol. The van der Waals surface area contributed by atoms with Gasteiger partial charge in [-0.1, -0.05) is 0 Å². The highest BCUT2D eigenvalue weighted by atomic mass is 16.3.